The molecule has 3 saturated carbocycles. The average Bonchev–Trinajstić information content (AvgIpc) is 3.28. The third-order valence-electron chi connectivity index (χ3n) is 8.65. The average molecular weight is 451 g/mol. The van der Waals surface area contributed by atoms with Gasteiger partial charge in [-0.25, -0.2) is 4.79 Å². The highest BCUT2D eigenvalue weighted by molar-refractivity contribution is 5.90. The third-order valence-corrected chi connectivity index (χ3v) is 8.65. The van der Waals surface area contributed by atoms with Crippen LogP contribution in [0, 0.1) is 35.0 Å². The van der Waals surface area contributed by atoms with Crippen LogP contribution >= 0.6 is 0 Å². The monoisotopic (exact) mass is 450 g/mol. The predicted molar refractivity (Wildman–Crippen MR) is 130 cm³/mol. The van der Waals surface area contributed by atoms with Crippen LogP contribution in [0.5, 0.6) is 0 Å². The molecule has 0 aromatic rings. The van der Waals surface area contributed by atoms with Crippen molar-refractivity contribution in [2.75, 3.05) is 0 Å². The highest BCUT2D eigenvalue weighted by atomic mass is 16.5. The van der Waals surface area contributed by atoms with Crippen LogP contribution in [0.1, 0.15) is 71.6 Å². The number of fused-ring (bicyclic) bond motifs is 1. The molecule has 33 heavy (non-hydrogen) atoms. The van der Waals surface area contributed by atoms with Crippen LogP contribution in [0.3, 0.4) is 0 Å². The molecule has 0 radical (unpaired) electrons. The maximum atomic E-state index is 11.5. The topological polar surface area (TPSA) is 66.8 Å². The molecule has 2 N–H and O–H groups in total. The normalized spacial score (nSPS) is 39.9. The lowest BCUT2D eigenvalue weighted by Crippen LogP contribution is -2.35. The van der Waals surface area contributed by atoms with Crippen molar-refractivity contribution in [3.8, 4) is 11.8 Å². The summed E-state index contributed by atoms with van der Waals surface area (Å²) in [6, 6.07) is 0. The van der Waals surface area contributed by atoms with E-state index in [1.54, 1.807) is 0 Å². The SMILES string of the molecule is C=C1CC(C#CC[C@@H](C)[C@H]2CC[C@H]3C(=CC=C4C[C@@H](O)C[C@H](O)C4=C)CCC[C@]23C)OC1=O. The maximum absolute atomic E-state index is 11.5. The molecule has 4 heteroatoms. The Morgan fingerprint density at radius 2 is 2.03 bits per heavy atom. The number of cyclic esters (lactones) is 1. The molecule has 0 spiro atoms. The van der Waals surface area contributed by atoms with E-state index in [-0.39, 0.29) is 17.5 Å². The molecular formula is C29H38O4. The van der Waals surface area contributed by atoms with Crippen molar-refractivity contribution in [1.82, 2.24) is 0 Å². The number of rotatable bonds is 3. The Labute approximate surface area is 198 Å². The molecule has 4 aliphatic rings. The van der Waals surface area contributed by atoms with Crippen LogP contribution in [-0.2, 0) is 9.53 Å². The molecule has 3 aliphatic carbocycles. The zero-order valence-corrected chi connectivity index (χ0v) is 20.1. The predicted octanol–water partition coefficient (Wildman–Crippen LogP) is 5.03. The van der Waals surface area contributed by atoms with Gasteiger partial charge in [0.15, 0.2) is 6.10 Å². The molecule has 0 bridgehead atoms. The van der Waals surface area contributed by atoms with Crippen molar-refractivity contribution in [3.63, 3.8) is 0 Å². The standard InChI is InChI=1S/C29H38O4/c1-18(7-5-9-24-15-19(2)28(32)33-24)25-12-13-26-21(8-6-14-29(25,26)4)10-11-22-16-23(30)17-27(31)20(22)3/h10-11,18,23-27,30-31H,2-3,6-8,12-17H2,1,4H3/t18-,23-,24?,25-,26+,27+,29-/m1/s1. The molecule has 4 fully saturated rings. The van der Waals surface area contributed by atoms with Crippen LogP contribution in [0.25, 0.3) is 0 Å². The summed E-state index contributed by atoms with van der Waals surface area (Å²) >= 11 is 0. The van der Waals surface area contributed by atoms with Crippen molar-refractivity contribution < 1.29 is 19.7 Å². The summed E-state index contributed by atoms with van der Waals surface area (Å²) in [5.74, 6) is 7.82. The molecule has 1 heterocycles. The van der Waals surface area contributed by atoms with E-state index in [0.29, 0.717) is 42.6 Å². The summed E-state index contributed by atoms with van der Waals surface area (Å²) < 4.78 is 5.24. The summed E-state index contributed by atoms with van der Waals surface area (Å²) in [6.07, 6.45) is 11.2. The first kappa shape index (κ1) is 24.0. The first-order valence-corrected chi connectivity index (χ1v) is 12.5. The summed E-state index contributed by atoms with van der Waals surface area (Å²) in [7, 11) is 0. The Kier molecular flexibility index (Phi) is 7.03. The molecule has 4 nitrogen and oxygen atoms in total. The molecule has 4 rings (SSSR count). The van der Waals surface area contributed by atoms with Crippen LogP contribution < -0.4 is 0 Å². The molecular weight excluding hydrogens is 412 g/mol. The number of carbonyl (C=O) groups excluding carboxylic acids is 1. The minimum absolute atomic E-state index is 0.278. The zero-order chi connectivity index (χ0) is 23.8. The van der Waals surface area contributed by atoms with Crippen molar-refractivity contribution >= 4 is 5.97 Å². The van der Waals surface area contributed by atoms with Gasteiger partial charge in [0.25, 0.3) is 0 Å². The quantitative estimate of drug-likeness (QED) is 0.360. The summed E-state index contributed by atoms with van der Waals surface area (Å²) in [5.41, 5.74) is 4.04. The minimum Gasteiger partial charge on any atom is -0.445 e. The van der Waals surface area contributed by atoms with E-state index in [0.717, 1.165) is 24.0 Å². The van der Waals surface area contributed by atoms with Gasteiger partial charge < -0.3 is 14.9 Å². The van der Waals surface area contributed by atoms with E-state index >= 15 is 0 Å². The van der Waals surface area contributed by atoms with Gasteiger partial charge in [-0.15, -0.1) is 0 Å². The van der Waals surface area contributed by atoms with Crippen LogP contribution in [0.15, 0.2) is 47.6 Å². The van der Waals surface area contributed by atoms with E-state index in [9.17, 15) is 15.0 Å². The number of esters is 1. The van der Waals surface area contributed by atoms with Crippen molar-refractivity contribution in [2.45, 2.75) is 89.9 Å². The van der Waals surface area contributed by atoms with Crippen molar-refractivity contribution in [1.29, 1.82) is 0 Å². The lowest BCUT2D eigenvalue weighted by molar-refractivity contribution is -0.136. The van der Waals surface area contributed by atoms with Crippen LogP contribution in [-0.4, -0.2) is 34.5 Å². The Balaban J connectivity index is 1.44. The Hall–Kier alpha value is -2.09. The molecule has 0 aromatic carbocycles. The van der Waals surface area contributed by atoms with Gasteiger partial charge in [-0.05, 0) is 72.8 Å². The second-order valence-electron chi connectivity index (χ2n) is 10.9. The van der Waals surface area contributed by atoms with Gasteiger partial charge in [-0.1, -0.05) is 56.6 Å². The molecule has 1 saturated heterocycles. The minimum atomic E-state index is -0.640. The van der Waals surface area contributed by atoms with E-state index < -0.39 is 12.2 Å². The fraction of sp³-hybridized carbons (Fsp3) is 0.621. The van der Waals surface area contributed by atoms with Crippen LogP contribution in [0.2, 0.25) is 0 Å². The lowest BCUT2D eigenvalue weighted by atomic mass is 9.61. The second kappa shape index (κ2) is 9.65. The molecule has 7 atom stereocenters. The van der Waals surface area contributed by atoms with Gasteiger partial charge in [0.2, 0.25) is 0 Å². The summed E-state index contributed by atoms with van der Waals surface area (Å²) in [6.45, 7) is 12.6. The van der Waals surface area contributed by atoms with Gasteiger partial charge in [0.05, 0.1) is 12.2 Å². The zero-order valence-electron chi connectivity index (χ0n) is 20.1. The summed E-state index contributed by atoms with van der Waals surface area (Å²) in [5, 5.41) is 20.2. The molecule has 1 unspecified atom stereocenters. The van der Waals surface area contributed by atoms with Crippen molar-refractivity contribution in [2.24, 2.45) is 23.2 Å². The number of hydrogen-bond acceptors (Lipinski definition) is 4. The van der Waals surface area contributed by atoms with Gasteiger partial charge in [0, 0.05) is 24.8 Å². The number of aliphatic hydroxyl groups excluding tert-OH is 2. The Bertz CT molecular complexity index is 928. The number of allylic oxidation sites excluding steroid dienone is 3. The largest absolute Gasteiger partial charge is 0.445 e. The smallest absolute Gasteiger partial charge is 0.334 e. The number of hydrogen-bond donors (Lipinski definition) is 2. The fourth-order valence-corrected chi connectivity index (χ4v) is 6.80. The molecule has 0 aromatic heterocycles. The van der Waals surface area contributed by atoms with Gasteiger partial charge in [0.1, 0.15) is 0 Å². The number of carbonyl (C=O) groups is 1. The molecule has 178 valence electrons. The Morgan fingerprint density at radius 3 is 2.76 bits per heavy atom. The van der Waals surface area contributed by atoms with E-state index in [1.165, 1.54) is 31.3 Å². The Morgan fingerprint density at radius 1 is 1.24 bits per heavy atom. The summed E-state index contributed by atoms with van der Waals surface area (Å²) in [4.78, 5) is 11.5. The second-order valence-corrected chi connectivity index (χ2v) is 10.9. The first-order valence-electron chi connectivity index (χ1n) is 12.5. The van der Waals surface area contributed by atoms with Gasteiger partial charge >= 0.3 is 5.97 Å². The highest BCUT2D eigenvalue weighted by Crippen LogP contribution is 2.59. The lowest BCUT2D eigenvalue weighted by Gasteiger charge is -2.44. The highest BCUT2D eigenvalue weighted by Gasteiger charge is 2.50. The number of aliphatic hydroxyl groups is 2. The first-order chi connectivity index (χ1) is 15.7. The molecule has 1 aliphatic heterocycles. The van der Waals surface area contributed by atoms with Crippen LogP contribution in [0.4, 0.5) is 0 Å². The van der Waals surface area contributed by atoms with E-state index in [1.807, 2.05) is 0 Å². The van der Waals surface area contributed by atoms with E-state index in [2.05, 4.69) is 51.0 Å². The van der Waals surface area contributed by atoms with Gasteiger partial charge in [-0.2, -0.15) is 0 Å². The number of ether oxygens (including phenoxy) is 1. The maximum Gasteiger partial charge on any atom is 0.334 e. The van der Waals surface area contributed by atoms with Gasteiger partial charge in [-0.3, -0.25) is 0 Å². The molecule has 0 amide bonds. The third kappa shape index (κ3) is 4.91. The van der Waals surface area contributed by atoms with Crippen molar-refractivity contribution in [3.05, 3.63) is 47.6 Å². The van der Waals surface area contributed by atoms with E-state index in [4.69, 9.17) is 4.74 Å². The fourth-order valence-electron chi connectivity index (χ4n) is 6.80.